The van der Waals surface area contributed by atoms with Crippen LogP contribution in [-0.2, 0) is 4.74 Å². The van der Waals surface area contributed by atoms with Gasteiger partial charge in [-0.2, -0.15) is 0 Å². The maximum atomic E-state index is 6.25. The van der Waals surface area contributed by atoms with E-state index in [4.69, 9.17) is 10.5 Å². The van der Waals surface area contributed by atoms with Gasteiger partial charge < -0.3 is 10.5 Å². The Kier molecular flexibility index (Phi) is 3.96. The van der Waals surface area contributed by atoms with Crippen LogP contribution in [0.3, 0.4) is 0 Å². The molecule has 0 aromatic rings. The lowest BCUT2D eigenvalue weighted by molar-refractivity contribution is 0.0150. The predicted molar refractivity (Wildman–Crippen MR) is 83.4 cm³/mol. The average molecular weight is 294 g/mol. The van der Waals surface area contributed by atoms with Crippen molar-refractivity contribution in [1.82, 2.24) is 14.7 Å². The van der Waals surface area contributed by atoms with E-state index in [0.29, 0.717) is 0 Å². The van der Waals surface area contributed by atoms with E-state index < -0.39 is 0 Å². The Hall–Kier alpha value is -0.200. The van der Waals surface area contributed by atoms with Crippen LogP contribution in [0.25, 0.3) is 0 Å². The van der Waals surface area contributed by atoms with Crippen LogP contribution in [0.15, 0.2) is 0 Å². The van der Waals surface area contributed by atoms with Crippen LogP contribution < -0.4 is 5.73 Å². The van der Waals surface area contributed by atoms with Gasteiger partial charge in [0.2, 0.25) is 0 Å². The highest BCUT2D eigenvalue weighted by molar-refractivity contribution is 5.06. The molecule has 0 aromatic heterocycles. The smallest absolute Gasteiger partial charge is 0.0594 e. The second-order valence-electron chi connectivity index (χ2n) is 7.42. The van der Waals surface area contributed by atoms with Gasteiger partial charge in [0, 0.05) is 63.4 Å². The van der Waals surface area contributed by atoms with Crippen LogP contribution in [0, 0.1) is 0 Å². The summed E-state index contributed by atoms with van der Waals surface area (Å²) in [7, 11) is 0. The Labute approximate surface area is 128 Å². The molecule has 5 heteroatoms. The van der Waals surface area contributed by atoms with Crippen molar-refractivity contribution < 1.29 is 4.74 Å². The summed E-state index contributed by atoms with van der Waals surface area (Å²) in [5.74, 6) is 0. The third-order valence-corrected chi connectivity index (χ3v) is 6.20. The minimum atomic E-state index is 0.267. The molecule has 3 aliphatic heterocycles. The van der Waals surface area contributed by atoms with Gasteiger partial charge in [-0.25, -0.2) is 0 Å². The minimum absolute atomic E-state index is 0.267. The summed E-state index contributed by atoms with van der Waals surface area (Å²) in [5, 5.41) is 0. The molecule has 3 heterocycles. The highest BCUT2D eigenvalue weighted by Crippen LogP contribution is 2.37. The topological polar surface area (TPSA) is 45.0 Å². The maximum absolute atomic E-state index is 6.25. The Morgan fingerprint density at radius 3 is 2.48 bits per heavy atom. The van der Waals surface area contributed by atoms with E-state index in [1.54, 1.807) is 0 Å². The van der Waals surface area contributed by atoms with Crippen LogP contribution in [-0.4, -0.2) is 91.3 Å². The second-order valence-corrected chi connectivity index (χ2v) is 7.42. The fourth-order valence-corrected chi connectivity index (χ4v) is 4.61. The molecular weight excluding hydrogens is 264 g/mol. The zero-order valence-corrected chi connectivity index (χ0v) is 13.2. The quantitative estimate of drug-likeness (QED) is 0.788. The highest BCUT2D eigenvalue weighted by atomic mass is 16.5. The molecule has 2 N–H and O–H groups in total. The number of ether oxygens (including phenoxy) is 1. The molecule has 0 spiro atoms. The van der Waals surface area contributed by atoms with E-state index in [-0.39, 0.29) is 5.54 Å². The van der Waals surface area contributed by atoms with Crippen molar-refractivity contribution in [2.24, 2.45) is 5.73 Å². The van der Waals surface area contributed by atoms with Gasteiger partial charge in [-0.1, -0.05) is 0 Å². The van der Waals surface area contributed by atoms with Crippen molar-refractivity contribution >= 4 is 0 Å². The van der Waals surface area contributed by atoms with Gasteiger partial charge in [0.25, 0.3) is 0 Å². The molecule has 1 aliphatic carbocycles. The van der Waals surface area contributed by atoms with Crippen molar-refractivity contribution in [3.8, 4) is 0 Å². The first-order valence-corrected chi connectivity index (χ1v) is 8.82. The van der Waals surface area contributed by atoms with Crippen LogP contribution in [0.5, 0.6) is 0 Å². The first-order valence-electron chi connectivity index (χ1n) is 8.82. The number of nitrogens with two attached hydrogens (primary N) is 1. The van der Waals surface area contributed by atoms with E-state index >= 15 is 0 Å². The molecule has 1 saturated carbocycles. The van der Waals surface area contributed by atoms with Crippen molar-refractivity contribution in [1.29, 1.82) is 0 Å². The van der Waals surface area contributed by atoms with Crippen molar-refractivity contribution in [2.45, 2.75) is 43.3 Å². The third-order valence-electron chi connectivity index (χ3n) is 6.20. The molecule has 3 saturated heterocycles. The van der Waals surface area contributed by atoms with Crippen molar-refractivity contribution in [3.63, 3.8) is 0 Å². The fraction of sp³-hybridized carbons (Fsp3) is 1.00. The molecule has 0 amide bonds. The largest absolute Gasteiger partial charge is 0.379 e. The first kappa shape index (κ1) is 14.4. The van der Waals surface area contributed by atoms with Gasteiger partial charge in [0.15, 0.2) is 0 Å². The lowest BCUT2D eigenvalue weighted by Crippen LogP contribution is -2.56. The predicted octanol–water partition coefficient (Wildman–Crippen LogP) is -0.0415. The minimum Gasteiger partial charge on any atom is -0.379 e. The molecule has 0 bridgehead atoms. The summed E-state index contributed by atoms with van der Waals surface area (Å²) >= 11 is 0. The number of hydrogen-bond acceptors (Lipinski definition) is 5. The summed E-state index contributed by atoms with van der Waals surface area (Å²) in [6, 6.07) is 1.61. The number of nitrogens with zero attached hydrogens (tertiary/aromatic N) is 3. The maximum Gasteiger partial charge on any atom is 0.0594 e. The van der Waals surface area contributed by atoms with Gasteiger partial charge in [-0.3, -0.25) is 14.7 Å². The number of hydrogen-bond donors (Lipinski definition) is 1. The second kappa shape index (κ2) is 5.78. The molecule has 21 heavy (non-hydrogen) atoms. The van der Waals surface area contributed by atoms with Crippen molar-refractivity contribution in [2.75, 3.05) is 59.0 Å². The Bertz CT molecular complexity index is 369. The molecule has 5 nitrogen and oxygen atoms in total. The van der Waals surface area contributed by atoms with Crippen molar-refractivity contribution in [3.05, 3.63) is 0 Å². The molecule has 4 aliphatic rings. The SMILES string of the molecule is NCC1(N2CCC(N3CCOCC3)C2)CCN(C2CC2)C1. The van der Waals surface area contributed by atoms with Gasteiger partial charge >= 0.3 is 0 Å². The normalized spacial score (nSPS) is 40.1. The summed E-state index contributed by atoms with van der Waals surface area (Å²) in [4.78, 5) is 8.08. The van der Waals surface area contributed by atoms with Crippen LogP contribution >= 0.6 is 0 Å². The lowest BCUT2D eigenvalue weighted by atomic mass is 9.96. The molecule has 120 valence electrons. The molecule has 4 fully saturated rings. The summed E-state index contributed by atoms with van der Waals surface area (Å²) in [6.45, 7) is 9.80. The van der Waals surface area contributed by atoms with E-state index in [1.165, 1.54) is 51.9 Å². The Morgan fingerprint density at radius 1 is 0.952 bits per heavy atom. The Morgan fingerprint density at radius 2 is 1.76 bits per heavy atom. The van der Waals surface area contributed by atoms with Crippen LogP contribution in [0.1, 0.15) is 25.7 Å². The van der Waals surface area contributed by atoms with Gasteiger partial charge in [-0.15, -0.1) is 0 Å². The van der Waals surface area contributed by atoms with E-state index in [9.17, 15) is 0 Å². The summed E-state index contributed by atoms with van der Waals surface area (Å²) in [6.07, 6.45) is 5.41. The third kappa shape index (κ3) is 2.75. The highest BCUT2D eigenvalue weighted by Gasteiger charge is 2.48. The molecule has 2 unspecified atom stereocenters. The molecule has 4 rings (SSSR count). The van der Waals surface area contributed by atoms with Gasteiger partial charge in [0.05, 0.1) is 13.2 Å². The van der Waals surface area contributed by atoms with E-state index in [0.717, 1.165) is 44.9 Å². The number of likely N-dealkylation sites (tertiary alicyclic amines) is 2. The van der Waals surface area contributed by atoms with Crippen LogP contribution in [0.4, 0.5) is 0 Å². The molecular formula is C16H30N4O. The standard InChI is InChI=1S/C16H30N4O/c17-12-16(4-6-19(13-16)14-1-2-14)20-5-3-15(11-20)18-7-9-21-10-8-18/h14-15H,1-13,17H2. The Balaban J connectivity index is 1.39. The first-order chi connectivity index (χ1) is 10.3. The van der Waals surface area contributed by atoms with Gasteiger partial charge in [0.1, 0.15) is 0 Å². The van der Waals surface area contributed by atoms with Crippen LogP contribution in [0.2, 0.25) is 0 Å². The molecule has 0 radical (unpaired) electrons. The van der Waals surface area contributed by atoms with Gasteiger partial charge in [-0.05, 0) is 25.7 Å². The summed E-state index contributed by atoms with van der Waals surface area (Å²) in [5.41, 5.74) is 6.52. The molecule has 2 atom stereocenters. The number of morpholine rings is 1. The zero-order chi connectivity index (χ0) is 14.3. The van der Waals surface area contributed by atoms with E-state index in [2.05, 4.69) is 14.7 Å². The number of rotatable bonds is 4. The van der Waals surface area contributed by atoms with E-state index in [1.807, 2.05) is 0 Å². The molecule has 0 aromatic carbocycles. The lowest BCUT2D eigenvalue weighted by Gasteiger charge is -2.39. The average Bonchev–Trinajstić information content (AvgIpc) is 3.11. The monoisotopic (exact) mass is 294 g/mol. The fourth-order valence-electron chi connectivity index (χ4n) is 4.61. The zero-order valence-electron chi connectivity index (χ0n) is 13.2. The summed E-state index contributed by atoms with van der Waals surface area (Å²) < 4.78 is 5.49.